The summed E-state index contributed by atoms with van der Waals surface area (Å²) >= 11 is 4.07. The summed E-state index contributed by atoms with van der Waals surface area (Å²) in [6.45, 7) is 1.79. The molecular weight excluding hydrogens is 148 g/mol. The van der Waals surface area contributed by atoms with Crippen LogP contribution in [0.3, 0.4) is 0 Å². The highest BCUT2D eigenvalue weighted by Gasteiger charge is 1.99. The van der Waals surface area contributed by atoms with Gasteiger partial charge in [0.2, 0.25) is 11.8 Å². The van der Waals surface area contributed by atoms with Gasteiger partial charge in [0.1, 0.15) is 0 Å². The molecule has 0 bridgehead atoms. The lowest BCUT2D eigenvalue weighted by molar-refractivity contribution is 0.465. The van der Waals surface area contributed by atoms with E-state index in [0.29, 0.717) is 11.8 Å². The van der Waals surface area contributed by atoms with Crippen LogP contribution in [0.1, 0.15) is 18.2 Å². The highest BCUT2D eigenvalue weighted by molar-refractivity contribution is 7.80. The molecule has 0 aliphatic rings. The van der Waals surface area contributed by atoms with Gasteiger partial charge in [0.15, 0.2) is 0 Å². The fourth-order valence-corrected chi connectivity index (χ4v) is 0.827. The van der Waals surface area contributed by atoms with Crippen LogP contribution in [0.5, 0.6) is 0 Å². The van der Waals surface area contributed by atoms with Crippen molar-refractivity contribution in [3.63, 3.8) is 0 Å². The third kappa shape index (κ3) is 2.02. The lowest BCUT2D eigenvalue weighted by atomic mass is 10.3. The number of nitrogens with zero attached hydrogens (tertiary/aromatic N) is 2. The Bertz CT molecular complexity index is 199. The number of hydrogen-bond acceptors (Lipinski definition) is 4. The van der Waals surface area contributed by atoms with Crippen molar-refractivity contribution in [2.45, 2.75) is 19.8 Å². The van der Waals surface area contributed by atoms with Crippen molar-refractivity contribution in [2.24, 2.45) is 0 Å². The number of rotatable bonds is 3. The summed E-state index contributed by atoms with van der Waals surface area (Å²) in [4.78, 5) is 0. The second kappa shape index (κ2) is 3.61. The van der Waals surface area contributed by atoms with Gasteiger partial charge >= 0.3 is 0 Å². The van der Waals surface area contributed by atoms with Gasteiger partial charge in [-0.25, -0.2) is 0 Å². The van der Waals surface area contributed by atoms with E-state index in [9.17, 15) is 0 Å². The molecule has 0 saturated heterocycles. The number of hydrogen-bond donors (Lipinski definition) is 1. The molecule has 0 aromatic carbocycles. The maximum Gasteiger partial charge on any atom is 0.216 e. The molecule has 10 heavy (non-hydrogen) atoms. The Morgan fingerprint density at radius 1 is 1.50 bits per heavy atom. The van der Waals surface area contributed by atoms with Gasteiger partial charge in [-0.3, -0.25) is 0 Å². The van der Waals surface area contributed by atoms with Gasteiger partial charge in [0, 0.05) is 13.3 Å². The Morgan fingerprint density at radius 2 is 2.30 bits per heavy atom. The van der Waals surface area contributed by atoms with Crippen LogP contribution >= 0.6 is 12.6 Å². The topological polar surface area (TPSA) is 38.9 Å². The van der Waals surface area contributed by atoms with Crippen molar-refractivity contribution in [1.82, 2.24) is 10.2 Å². The van der Waals surface area contributed by atoms with E-state index in [1.54, 1.807) is 6.92 Å². The van der Waals surface area contributed by atoms with Crippen molar-refractivity contribution in [3.8, 4) is 0 Å². The standard InChI is InChI=1S/C6H10N2OS/c1-5-7-8-6(9-5)3-2-4-10/h10H,2-4H2,1H3. The number of aromatic nitrogens is 2. The maximum absolute atomic E-state index is 5.13. The maximum atomic E-state index is 5.13. The highest BCUT2D eigenvalue weighted by atomic mass is 32.1. The largest absolute Gasteiger partial charge is 0.426 e. The van der Waals surface area contributed by atoms with Crippen LogP contribution in [0.4, 0.5) is 0 Å². The summed E-state index contributed by atoms with van der Waals surface area (Å²) < 4.78 is 5.13. The lowest BCUT2D eigenvalue weighted by Gasteiger charge is -1.87. The fraction of sp³-hybridized carbons (Fsp3) is 0.667. The summed E-state index contributed by atoms with van der Waals surface area (Å²) in [6.07, 6.45) is 1.83. The minimum absolute atomic E-state index is 0.633. The first kappa shape index (κ1) is 7.60. The van der Waals surface area contributed by atoms with Crippen LogP contribution < -0.4 is 0 Å². The zero-order chi connectivity index (χ0) is 7.40. The van der Waals surface area contributed by atoms with Crippen LogP contribution in [0.25, 0.3) is 0 Å². The van der Waals surface area contributed by atoms with Gasteiger partial charge in [-0.15, -0.1) is 10.2 Å². The second-order valence-electron chi connectivity index (χ2n) is 2.04. The Morgan fingerprint density at radius 3 is 2.80 bits per heavy atom. The molecule has 0 radical (unpaired) electrons. The van der Waals surface area contributed by atoms with Gasteiger partial charge < -0.3 is 4.42 Å². The van der Waals surface area contributed by atoms with E-state index in [4.69, 9.17) is 4.42 Å². The van der Waals surface area contributed by atoms with E-state index in [0.717, 1.165) is 18.6 Å². The van der Waals surface area contributed by atoms with Crippen LogP contribution in [-0.2, 0) is 6.42 Å². The normalized spacial score (nSPS) is 10.2. The predicted octanol–water partition coefficient (Wildman–Crippen LogP) is 1.24. The highest BCUT2D eigenvalue weighted by Crippen LogP contribution is 2.01. The quantitative estimate of drug-likeness (QED) is 0.673. The van der Waals surface area contributed by atoms with Crippen molar-refractivity contribution >= 4 is 12.6 Å². The first-order valence-electron chi connectivity index (χ1n) is 3.23. The molecule has 1 aromatic rings. The van der Waals surface area contributed by atoms with Crippen LogP contribution in [0.15, 0.2) is 4.42 Å². The predicted molar refractivity (Wildman–Crippen MR) is 41.2 cm³/mol. The molecule has 1 rings (SSSR count). The number of aryl methyl sites for hydroxylation is 2. The molecule has 1 aromatic heterocycles. The molecule has 0 fully saturated rings. The van der Waals surface area contributed by atoms with E-state index in [-0.39, 0.29) is 0 Å². The smallest absolute Gasteiger partial charge is 0.216 e. The average Bonchev–Trinajstić information content (AvgIpc) is 2.31. The lowest BCUT2D eigenvalue weighted by Crippen LogP contribution is -1.85. The summed E-state index contributed by atoms with van der Waals surface area (Å²) in [5.74, 6) is 2.21. The van der Waals surface area contributed by atoms with Crippen LogP contribution in [0, 0.1) is 6.92 Å². The molecule has 0 atom stereocenters. The van der Waals surface area contributed by atoms with Crippen molar-refractivity contribution in [2.75, 3.05) is 5.75 Å². The van der Waals surface area contributed by atoms with E-state index in [2.05, 4.69) is 22.8 Å². The molecule has 0 aliphatic heterocycles. The van der Waals surface area contributed by atoms with Crippen LogP contribution in [-0.4, -0.2) is 16.0 Å². The van der Waals surface area contributed by atoms with Gasteiger partial charge in [0.05, 0.1) is 0 Å². The molecule has 4 heteroatoms. The van der Waals surface area contributed by atoms with Gasteiger partial charge in [-0.05, 0) is 12.2 Å². The Balaban J connectivity index is 2.42. The Hall–Kier alpha value is -0.510. The monoisotopic (exact) mass is 158 g/mol. The summed E-state index contributed by atoms with van der Waals surface area (Å²) in [5.41, 5.74) is 0. The summed E-state index contributed by atoms with van der Waals surface area (Å²) in [5, 5.41) is 7.53. The fourth-order valence-electron chi connectivity index (χ4n) is 0.669. The van der Waals surface area contributed by atoms with Gasteiger partial charge in [0.25, 0.3) is 0 Å². The zero-order valence-corrected chi connectivity index (χ0v) is 6.77. The Labute approximate surface area is 65.2 Å². The van der Waals surface area contributed by atoms with E-state index in [1.165, 1.54) is 0 Å². The SMILES string of the molecule is Cc1nnc(CCCS)o1. The van der Waals surface area contributed by atoms with Gasteiger partial charge in [-0.2, -0.15) is 12.6 Å². The Kier molecular flexibility index (Phi) is 2.74. The molecule has 0 N–H and O–H groups in total. The molecule has 0 saturated carbocycles. The first-order chi connectivity index (χ1) is 4.83. The van der Waals surface area contributed by atoms with E-state index >= 15 is 0 Å². The molecule has 1 heterocycles. The molecular formula is C6H10N2OS. The van der Waals surface area contributed by atoms with E-state index < -0.39 is 0 Å². The van der Waals surface area contributed by atoms with Crippen molar-refractivity contribution < 1.29 is 4.42 Å². The van der Waals surface area contributed by atoms with E-state index in [1.807, 2.05) is 0 Å². The van der Waals surface area contributed by atoms with Crippen molar-refractivity contribution in [3.05, 3.63) is 11.8 Å². The third-order valence-corrected chi connectivity index (χ3v) is 1.43. The molecule has 0 spiro atoms. The van der Waals surface area contributed by atoms with Gasteiger partial charge in [-0.1, -0.05) is 0 Å². The van der Waals surface area contributed by atoms with Crippen LogP contribution in [0.2, 0.25) is 0 Å². The first-order valence-corrected chi connectivity index (χ1v) is 3.86. The minimum atomic E-state index is 0.633. The van der Waals surface area contributed by atoms with Crippen molar-refractivity contribution in [1.29, 1.82) is 0 Å². The molecule has 0 aliphatic carbocycles. The second-order valence-corrected chi connectivity index (χ2v) is 2.49. The minimum Gasteiger partial charge on any atom is -0.426 e. The summed E-state index contributed by atoms with van der Waals surface area (Å²) in [7, 11) is 0. The molecule has 0 amide bonds. The number of thiol groups is 1. The molecule has 0 unspecified atom stereocenters. The zero-order valence-electron chi connectivity index (χ0n) is 5.87. The third-order valence-electron chi connectivity index (χ3n) is 1.12. The average molecular weight is 158 g/mol. The molecule has 3 nitrogen and oxygen atoms in total. The summed E-state index contributed by atoms with van der Waals surface area (Å²) in [6, 6.07) is 0. The molecule has 56 valence electrons.